The number of likely N-dealkylation sites (tertiary alicyclic amines) is 1. The van der Waals surface area contributed by atoms with Gasteiger partial charge in [0, 0.05) is 51.9 Å². The number of hydrogen-bond acceptors (Lipinski definition) is 6. The van der Waals surface area contributed by atoms with E-state index in [4.69, 9.17) is 4.74 Å². The van der Waals surface area contributed by atoms with E-state index in [-0.39, 0.29) is 48.3 Å². The van der Waals surface area contributed by atoms with Crippen molar-refractivity contribution in [2.75, 3.05) is 32.8 Å². The van der Waals surface area contributed by atoms with Crippen LogP contribution in [0.3, 0.4) is 0 Å². The van der Waals surface area contributed by atoms with Gasteiger partial charge in [-0.15, -0.1) is 0 Å². The number of nitrogens with one attached hydrogen (secondary N) is 1. The molecular formula is C25H29N5O4. The van der Waals surface area contributed by atoms with Gasteiger partial charge >= 0.3 is 0 Å². The molecule has 4 heterocycles. The molecule has 0 unspecified atom stereocenters. The van der Waals surface area contributed by atoms with Gasteiger partial charge < -0.3 is 19.9 Å². The van der Waals surface area contributed by atoms with E-state index in [1.165, 1.54) is 6.92 Å². The maximum atomic E-state index is 13.9. The molecule has 0 aliphatic carbocycles. The highest BCUT2D eigenvalue weighted by Gasteiger charge is 2.43. The second-order valence-corrected chi connectivity index (χ2v) is 9.15. The molecule has 178 valence electrons. The Morgan fingerprint density at radius 2 is 1.94 bits per heavy atom. The lowest BCUT2D eigenvalue weighted by Gasteiger charge is -2.42. The molecule has 1 N–H and O–H groups in total. The van der Waals surface area contributed by atoms with Crippen molar-refractivity contribution in [3.8, 4) is 5.88 Å². The van der Waals surface area contributed by atoms with Crippen molar-refractivity contribution < 1.29 is 19.1 Å². The fourth-order valence-corrected chi connectivity index (χ4v) is 5.14. The van der Waals surface area contributed by atoms with Gasteiger partial charge in [-0.2, -0.15) is 0 Å². The lowest BCUT2D eigenvalue weighted by molar-refractivity contribution is -0.146. The number of piperazine rings is 1. The summed E-state index contributed by atoms with van der Waals surface area (Å²) < 4.78 is 5.97. The Balaban J connectivity index is 1.48. The van der Waals surface area contributed by atoms with Gasteiger partial charge in [-0.05, 0) is 24.1 Å². The molecule has 3 aliphatic rings. The third-order valence-corrected chi connectivity index (χ3v) is 6.89. The third-order valence-electron chi connectivity index (χ3n) is 6.89. The topological polar surface area (TPSA) is 95.1 Å². The first-order valence-electron chi connectivity index (χ1n) is 11.7. The summed E-state index contributed by atoms with van der Waals surface area (Å²) in [6.07, 6.45) is 2.12. The van der Waals surface area contributed by atoms with Gasteiger partial charge in [-0.25, -0.2) is 4.98 Å². The Morgan fingerprint density at radius 1 is 1.12 bits per heavy atom. The number of carbonyl (C=O) groups is 3. The number of hydrogen-bond donors (Lipinski definition) is 1. The third kappa shape index (κ3) is 4.48. The molecule has 3 amide bonds. The molecule has 1 aromatic carbocycles. The van der Waals surface area contributed by atoms with E-state index in [1.807, 2.05) is 35.2 Å². The van der Waals surface area contributed by atoms with E-state index in [0.29, 0.717) is 44.7 Å². The van der Waals surface area contributed by atoms with E-state index in [2.05, 4.69) is 15.2 Å². The number of pyridine rings is 1. The number of nitrogens with zero attached hydrogens (tertiary/aromatic N) is 4. The average Bonchev–Trinajstić information content (AvgIpc) is 3.24. The Labute approximate surface area is 198 Å². The monoisotopic (exact) mass is 463 g/mol. The normalized spacial score (nSPS) is 25.4. The SMILES string of the molecule is CC(=O)N1CCN2C(=O)[C@@H]3C[C@@H](CN3Cc3ccccc3)NC(=O)c3cccnc3OC[C@@H]2C1. The number of aromatic nitrogens is 1. The molecule has 2 fully saturated rings. The predicted octanol–water partition coefficient (Wildman–Crippen LogP) is 0.906. The standard InChI is InChI=1S/C25H29N5O4/c1-17(31)28-10-11-30-20(15-28)16-34-24-21(8-5-9-26-24)23(32)27-19-12-22(25(30)33)29(14-19)13-18-6-3-2-4-7-18/h2-9,19-20,22H,10-16H2,1H3,(H,27,32)/t19-,20-,22-/m0/s1. The van der Waals surface area contributed by atoms with Crippen molar-refractivity contribution in [1.29, 1.82) is 0 Å². The molecule has 9 heteroatoms. The maximum absolute atomic E-state index is 13.9. The highest BCUT2D eigenvalue weighted by atomic mass is 16.5. The zero-order chi connectivity index (χ0) is 23.7. The van der Waals surface area contributed by atoms with Gasteiger partial charge in [0.05, 0.1) is 12.1 Å². The number of carbonyl (C=O) groups excluding carboxylic acids is 3. The molecule has 1 aromatic heterocycles. The minimum absolute atomic E-state index is 0.0197. The lowest BCUT2D eigenvalue weighted by atomic mass is 10.1. The van der Waals surface area contributed by atoms with E-state index < -0.39 is 0 Å². The Hall–Kier alpha value is -3.46. The van der Waals surface area contributed by atoms with Gasteiger partial charge in [0.2, 0.25) is 17.7 Å². The van der Waals surface area contributed by atoms with Crippen molar-refractivity contribution in [2.45, 2.75) is 38.0 Å². The van der Waals surface area contributed by atoms with E-state index in [9.17, 15) is 14.4 Å². The largest absolute Gasteiger partial charge is 0.475 e. The molecule has 9 nitrogen and oxygen atoms in total. The van der Waals surface area contributed by atoms with Crippen LogP contribution in [0.4, 0.5) is 0 Å². The first-order valence-corrected chi connectivity index (χ1v) is 11.7. The molecule has 2 bridgehead atoms. The molecule has 3 aliphatic heterocycles. The number of benzene rings is 1. The quantitative estimate of drug-likeness (QED) is 0.711. The first-order chi connectivity index (χ1) is 16.5. The summed E-state index contributed by atoms with van der Waals surface area (Å²) in [5.74, 6) is -0.0232. The Kier molecular flexibility index (Phi) is 6.19. The van der Waals surface area contributed by atoms with Crippen LogP contribution in [0.1, 0.15) is 29.3 Å². The van der Waals surface area contributed by atoms with Crippen LogP contribution in [-0.4, -0.2) is 88.3 Å². The minimum atomic E-state index is -0.357. The molecule has 0 spiro atoms. The highest BCUT2D eigenvalue weighted by Crippen LogP contribution is 2.27. The van der Waals surface area contributed by atoms with Gasteiger partial charge in [-0.3, -0.25) is 19.3 Å². The Bertz CT molecular complexity index is 1080. The molecule has 34 heavy (non-hydrogen) atoms. The van der Waals surface area contributed by atoms with Crippen LogP contribution in [0.15, 0.2) is 48.7 Å². The fourth-order valence-electron chi connectivity index (χ4n) is 5.14. The summed E-state index contributed by atoms with van der Waals surface area (Å²) in [4.78, 5) is 49.0. The van der Waals surface area contributed by atoms with Gasteiger partial charge in [0.15, 0.2) is 0 Å². The molecule has 0 saturated carbocycles. The van der Waals surface area contributed by atoms with Crippen molar-refractivity contribution in [3.05, 3.63) is 59.8 Å². The second-order valence-electron chi connectivity index (χ2n) is 9.15. The Morgan fingerprint density at radius 3 is 2.74 bits per heavy atom. The van der Waals surface area contributed by atoms with Gasteiger partial charge in [0.25, 0.3) is 5.91 Å². The molecule has 3 atom stereocenters. The minimum Gasteiger partial charge on any atom is -0.475 e. The maximum Gasteiger partial charge on any atom is 0.257 e. The summed E-state index contributed by atoms with van der Waals surface area (Å²) in [7, 11) is 0. The molecular weight excluding hydrogens is 434 g/mol. The second kappa shape index (κ2) is 9.42. The van der Waals surface area contributed by atoms with Crippen LogP contribution in [0, 0.1) is 0 Å². The number of rotatable bonds is 2. The van der Waals surface area contributed by atoms with E-state index >= 15 is 0 Å². The summed E-state index contributed by atoms with van der Waals surface area (Å²) in [6, 6.07) is 12.6. The van der Waals surface area contributed by atoms with Crippen LogP contribution < -0.4 is 10.1 Å². The lowest BCUT2D eigenvalue weighted by Crippen LogP contribution is -2.61. The number of ether oxygens (including phenoxy) is 1. The summed E-state index contributed by atoms with van der Waals surface area (Å²) in [5, 5.41) is 3.09. The van der Waals surface area contributed by atoms with Gasteiger partial charge in [0.1, 0.15) is 12.2 Å². The van der Waals surface area contributed by atoms with Crippen LogP contribution in [0.2, 0.25) is 0 Å². The fraction of sp³-hybridized carbons (Fsp3) is 0.440. The summed E-state index contributed by atoms with van der Waals surface area (Å²) >= 11 is 0. The van der Waals surface area contributed by atoms with Crippen molar-refractivity contribution in [1.82, 2.24) is 25.0 Å². The van der Waals surface area contributed by atoms with Crippen LogP contribution >= 0.6 is 0 Å². The summed E-state index contributed by atoms with van der Waals surface area (Å²) in [5.41, 5.74) is 1.49. The van der Waals surface area contributed by atoms with Crippen LogP contribution in [0.5, 0.6) is 5.88 Å². The molecule has 0 radical (unpaired) electrons. The van der Waals surface area contributed by atoms with Crippen molar-refractivity contribution >= 4 is 17.7 Å². The number of amides is 3. The highest BCUT2D eigenvalue weighted by molar-refractivity contribution is 5.96. The van der Waals surface area contributed by atoms with E-state index in [1.54, 1.807) is 23.2 Å². The van der Waals surface area contributed by atoms with Crippen LogP contribution in [0.25, 0.3) is 0 Å². The number of fused-ring (bicyclic) bond motifs is 4. The first kappa shape index (κ1) is 22.3. The predicted molar refractivity (Wildman–Crippen MR) is 124 cm³/mol. The van der Waals surface area contributed by atoms with Crippen molar-refractivity contribution in [2.24, 2.45) is 0 Å². The molecule has 2 saturated heterocycles. The zero-order valence-electron chi connectivity index (χ0n) is 19.2. The zero-order valence-corrected chi connectivity index (χ0v) is 19.2. The van der Waals surface area contributed by atoms with Crippen LogP contribution in [-0.2, 0) is 16.1 Å². The smallest absolute Gasteiger partial charge is 0.257 e. The van der Waals surface area contributed by atoms with Crippen molar-refractivity contribution in [3.63, 3.8) is 0 Å². The summed E-state index contributed by atoms with van der Waals surface area (Å²) in [6.45, 7) is 4.23. The molecule has 5 rings (SSSR count). The average molecular weight is 464 g/mol. The van der Waals surface area contributed by atoms with Gasteiger partial charge in [-0.1, -0.05) is 30.3 Å². The molecule has 2 aromatic rings. The van der Waals surface area contributed by atoms with E-state index in [0.717, 1.165) is 5.56 Å².